The van der Waals surface area contributed by atoms with Crippen LogP contribution in [-0.4, -0.2) is 27.2 Å². The van der Waals surface area contributed by atoms with Gasteiger partial charge in [0.1, 0.15) is 0 Å². The third-order valence-electron chi connectivity index (χ3n) is 2.25. The molecule has 94 valence electrons. The maximum absolute atomic E-state index is 11.7. The van der Waals surface area contributed by atoms with Gasteiger partial charge in [-0.15, -0.1) is 0 Å². The number of nitro groups is 1. The number of aromatic amines is 1. The molecule has 1 heterocycles. The van der Waals surface area contributed by atoms with E-state index in [1.165, 1.54) is 12.3 Å². The van der Waals surface area contributed by atoms with E-state index in [1.807, 2.05) is 0 Å². The fourth-order valence-corrected chi connectivity index (χ4v) is 2.33. The van der Waals surface area contributed by atoms with E-state index >= 15 is 0 Å². The van der Waals surface area contributed by atoms with E-state index in [4.69, 9.17) is 0 Å². The largest absolute Gasteiger partial charge is 0.353 e. The molecule has 0 radical (unpaired) electrons. The van der Waals surface area contributed by atoms with Gasteiger partial charge in [-0.05, 0) is 18.1 Å². The quantitative estimate of drug-likeness (QED) is 0.352. The van der Waals surface area contributed by atoms with Gasteiger partial charge in [-0.25, -0.2) is 0 Å². The molecule has 0 fully saturated rings. The average molecular weight is 256 g/mol. The van der Waals surface area contributed by atoms with E-state index in [1.54, 1.807) is 11.8 Å². The van der Waals surface area contributed by atoms with Gasteiger partial charge in [-0.3, -0.25) is 14.9 Å². The van der Waals surface area contributed by atoms with Crippen molar-refractivity contribution in [1.29, 1.82) is 0 Å². The second-order valence-electron chi connectivity index (χ2n) is 4.19. The van der Waals surface area contributed by atoms with Crippen molar-refractivity contribution in [1.82, 2.24) is 4.98 Å². The van der Waals surface area contributed by atoms with Crippen LogP contribution in [0, 0.1) is 16.0 Å². The predicted octanol–water partition coefficient (Wildman–Crippen LogP) is 2.88. The van der Waals surface area contributed by atoms with Gasteiger partial charge in [0, 0.05) is 6.07 Å². The van der Waals surface area contributed by atoms with Crippen LogP contribution in [0.4, 0.5) is 5.69 Å². The molecule has 0 spiro atoms. The minimum atomic E-state index is -0.515. The van der Waals surface area contributed by atoms with Crippen molar-refractivity contribution in [2.75, 3.05) is 11.5 Å². The highest BCUT2D eigenvalue weighted by atomic mass is 32.2. The fourth-order valence-electron chi connectivity index (χ4n) is 1.21. The first kappa shape index (κ1) is 13.8. The van der Waals surface area contributed by atoms with E-state index < -0.39 is 4.92 Å². The monoisotopic (exact) mass is 256 g/mol. The number of carbonyl (C=O) groups excluding carboxylic acids is 1. The Kier molecular flexibility index (Phi) is 5.21. The lowest BCUT2D eigenvalue weighted by Crippen LogP contribution is -2.03. The third-order valence-corrected chi connectivity index (χ3v) is 3.24. The third kappa shape index (κ3) is 4.60. The van der Waals surface area contributed by atoms with E-state index in [0.717, 1.165) is 12.2 Å². The van der Waals surface area contributed by atoms with Gasteiger partial charge in [0.05, 0.1) is 22.6 Å². The summed E-state index contributed by atoms with van der Waals surface area (Å²) in [6, 6.07) is 1.28. The summed E-state index contributed by atoms with van der Waals surface area (Å²) >= 11 is 1.56. The van der Waals surface area contributed by atoms with Gasteiger partial charge in [0.2, 0.25) is 0 Å². The fraction of sp³-hybridized carbons (Fsp3) is 0.545. The molecule has 5 nitrogen and oxygen atoms in total. The number of Topliss-reactive ketones (excluding diaryl/α,β-unsaturated/α-hetero) is 1. The van der Waals surface area contributed by atoms with Crippen molar-refractivity contribution in [2.24, 2.45) is 5.92 Å². The van der Waals surface area contributed by atoms with Gasteiger partial charge in [0.15, 0.2) is 5.78 Å². The Labute approximate surface area is 104 Å². The first-order valence-corrected chi connectivity index (χ1v) is 6.60. The summed E-state index contributed by atoms with van der Waals surface area (Å²) in [4.78, 5) is 24.2. The van der Waals surface area contributed by atoms with Crippen molar-refractivity contribution < 1.29 is 9.72 Å². The summed E-state index contributed by atoms with van der Waals surface area (Å²) < 4.78 is 0. The van der Waals surface area contributed by atoms with Gasteiger partial charge >= 0.3 is 0 Å². The number of H-pyrrole nitrogens is 1. The zero-order valence-corrected chi connectivity index (χ0v) is 10.8. The molecule has 0 atom stereocenters. The smallest absolute Gasteiger partial charge is 0.287 e. The molecule has 0 aromatic carbocycles. The number of hydrogen-bond donors (Lipinski definition) is 1. The summed E-state index contributed by atoms with van der Waals surface area (Å²) in [7, 11) is 0. The second-order valence-corrected chi connectivity index (χ2v) is 5.29. The standard InChI is InChI=1S/C11H16N2O3S/c1-8(2)3-4-17-7-11(14)10-5-9(6-12-10)13(15)16/h5-6,8,12H,3-4,7H2,1-2H3. The van der Waals surface area contributed by atoms with Crippen LogP contribution in [0.2, 0.25) is 0 Å². The number of aromatic nitrogens is 1. The van der Waals surface area contributed by atoms with Gasteiger partial charge in [-0.1, -0.05) is 13.8 Å². The molecule has 17 heavy (non-hydrogen) atoms. The van der Waals surface area contributed by atoms with E-state index in [0.29, 0.717) is 17.4 Å². The molecule has 0 aliphatic rings. The number of thioether (sulfide) groups is 1. The summed E-state index contributed by atoms with van der Waals surface area (Å²) in [6.45, 7) is 4.27. The Morgan fingerprint density at radius 1 is 1.59 bits per heavy atom. The highest BCUT2D eigenvalue weighted by Crippen LogP contribution is 2.15. The molecule has 1 N–H and O–H groups in total. The Hall–Kier alpha value is -1.30. The molecule has 0 bridgehead atoms. The topological polar surface area (TPSA) is 76.0 Å². The van der Waals surface area contributed by atoms with Crippen LogP contribution in [0.25, 0.3) is 0 Å². The second kappa shape index (κ2) is 6.44. The van der Waals surface area contributed by atoms with Gasteiger partial charge in [-0.2, -0.15) is 11.8 Å². The SMILES string of the molecule is CC(C)CCSCC(=O)c1cc([N+](=O)[O-])c[nH]1. The highest BCUT2D eigenvalue weighted by molar-refractivity contribution is 7.99. The number of carbonyl (C=O) groups is 1. The van der Waals surface area contributed by atoms with Crippen molar-refractivity contribution in [3.8, 4) is 0 Å². The molecule has 0 aliphatic heterocycles. The van der Waals surface area contributed by atoms with Crippen LogP contribution < -0.4 is 0 Å². The average Bonchev–Trinajstić information content (AvgIpc) is 2.73. The van der Waals surface area contributed by atoms with E-state index in [-0.39, 0.29) is 11.5 Å². The Morgan fingerprint density at radius 2 is 2.29 bits per heavy atom. The van der Waals surface area contributed by atoms with Crippen LogP contribution in [-0.2, 0) is 0 Å². The Bertz CT molecular complexity index is 401. The van der Waals surface area contributed by atoms with Crippen LogP contribution in [0.1, 0.15) is 30.8 Å². The molecule has 6 heteroatoms. The number of nitrogens with zero attached hydrogens (tertiary/aromatic N) is 1. The van der Waals surface area contributed by atoms with Crippen molar-refractivity contribution >= 4 is 23.2 Å². The van der Waals surface area contributed by atoms with Gasteiger partial charge in [0.25, 0.3) is 5.69 Å². The number of rotatable bonds is 7. The molecule has 0 unspecified atom stereocenters. The Balaban J connectivity index is 2.39. The van der Waals surface area contributed by atoms with Crippen molar-refractivity contribution in [2.45, 2.75) is 20.3 Å². The maximum atomic E-state index is 11.7. The van der Waals surface area contributed by atoms with Crippen LogP contribution in [0.3, 0.4) is 0 Å². The minimum absolute atomic E-state index is 0.0690. The lowest BCUT2D eigenvalue weighted by atomic mass is 10.2. The first-order valence-electron chi connectivity index (χ1n) is 5.44. The molecule has 1 aromatic heterocycles. The van der Waals surface area contributed by atoms with E-state index in [2.05, 4.69) is 18.8 Å². The zero-order valence-electron chi connectivity index (χ0n) is 9.93. The number of hydrogen-bond acceptors (Lipinski definition) is 4. The van der Waals surface area contributed by atoms with Crippen molar-refractivity contribution in [3.05, 3.63) is 28.1 Å². The zero-order chi connectivity index (χ0) is 12.8. The maximum Gasteiger partial charge on any atom is 0.287 e. The van der Waals surface area contributed by atoms with Crippen LogP contribution in [0.5, 0.6) is 0 Å². The summed E-state index contributed by atoms with van der Waals surface area (Å²) in [5.41, 5.74) is 0.245. The van der Waals surface area contributed by atoms with Crippen LogP contribution >= 0.6 is 11.8 Å². The molecule has 0 aliphatic carbocycles. The normalized spacial score (nSPS) is 10.8. The van der Waals surface area contributed by atoms with Crippen molar-refractivity contribution in [3.63, 3.8) is 0 Å². The molecule has 0 amide bonds. The van der Waals surface area contributed by atoms with E-state index in [9.17, 15) is 14.9 Å². The summed E-state index contributed by atoms with van der Waals surface area (Å²) in [6.07, 6.45) is 2.31. The minimum Gasteiger partial charge on any atom is -0.353 e. The lowest BCUT2D eigenvalue weighted by molar-refractivity contribution is -0.384. The molecule has 0 saturated heterocycles. The molecule has 0 saturated carbocycles. The molecule has 1 rings (SSSR count). The summed E-state index contributed by atoms with van der Waals surface area (Å²) in [5.74, 6) is 1.84. The first-order chi connectivity index (χ1) is 8.00. The lowest BCUT2D eigenvalue weighted by Gasteiger charge is -2.02. The number of ketones is 1. The number of nitrogens with one attached hydrogen (secondary N) is 1. The molecule has 1 aromatic rings. The molecular formula is C11H16N2O3S. The highest BCUT2D eigenvalue weighted by Gasteiger charge is 2.14. The predicted molar refractivity (Wildman–Crippen MR) is 68.6 cm³/mol. The molecular weight excluding hydrogens is 240 g/mol. The Morgan fingerprint density at radius 3 is 2.82 bits per heavy atom. The van der Waals surface area contributed by atoms with Crippen LogP contribution in [0.15, 0.2) is 12.3 Å². The van der Waals surface area contributed by atoms with Gasteiger partial charge < -0.3 is 4.98 Å². The summed E-state index contributed by atoms with van der Waals surface area (Å²) in [5, 5.41) is 10.4.